The molecule has 3 fully saturated rings. The highest BCUT2D eigenvalue weighted by Crippen LogP contribution is 2.60. The molecule has 0 aromatic heterocycles. The van der Waals surface area contributed by atoms with Gasteiger partial charge in [-0.2, -0.15) is 9.80 Å². The molecule has 1 aromatic rings. The summed E-state index contributed by atoms with van der Waals surface area (Å²) in [5.41, 5.74) is 11.3. The number of phenols is 1. The Kier molecular flexibility index (Phi) is 5.46. The maximum Gasteiger partial charge on any atom is 0.328 e. The number of allylic oxidation sites excluding steroid dienone is 2. The van der Waals surface area contributed by atoms with Crippen molar-refractivity contribution in [3.05, 3.63) is 29.3 Å². The fourth-order valence-electron chi connectivity index (χ4n) is 6.53. The Balaban J connectivity index is 1.72. The van der Waals surface area contributed by atoms with Gasteiger partial charge in [0.25, 0.3) is 0 Å². The van der Waals surface area contributed by atoms with Gasteiger partial charge in [0.15, 0.2) is 0 Å². The molecule has 194 valence electrons. The summed E-state index contributed by atoms with van der Waals surface area (Å²) >= 11 is 0. The number of primary amides is 2. The molecule has 0 radical (unpaired) electrons. The van der Waals surface area contributed by atoms with E-state index < -0.39 is 71.2 Å². The molecule has 0 bridgehead atoms. The summed E-state index contributed by atoms with van der Waals surface area (Å²) in [7, 11) is 2.74. The van der Waals surface area contributed by atoms with Gasteiger partial charge < -0.3 is 26.0 Å². The van der Waals surface area contributed by atoms with Crippen LogP contribution >= 0.6 is 0 Å². The number of hydrogen-bond donors (Lipinski definition) is 3. The van der Waals surface area contributed by atoms with Crippen LogP contribution in [0.2, 0.25) is 0 Å². The number of nitrogens with two attached hydrogens (primary N) is 2. The first-order chi connectivity index (χ1) is 17.5. The van der Waals surface area contributed by atoms with E-state index in [1.54, 1.807) is 6.08 Å². The summed E-state index contributed by atoms with van der Waals surface area (Å²) in [6.07, 6.45) is 1.71. The van der Waals surface area contributed by atoms with Gasteiger partial charge in [0.2, 0.25) is 23.6 Å². The Morgan fingerprint density at radius 1 is 0.865 bits per heavy atom. The third kappa shape index (κ3) is 3.22. The lowest BCUT2D eigenvalue weighted by atomic mass is 9.57. The predicted molar refractivity (Wildman–Crippen MR) is 122 cm³/mol. The molecule has 13 heteroatoms. The van der Waals surface area contributed by atoms with Crippen molar-refractivity contribution in [3.8, 4) is 17.2 Å². The van der Waals surface area contributed by atoms with Crippen molar-refractivity contribution in [3.63, 3.8) is 0 Å². The number of likely N-dealkylation sites (tertiary alicyclic amines) is 2. The van der Waals surface area contributed by atoms with Crippen LogP contribution in [-0.4, -0.2) is 64.8 Å². The SMILES string of the molecule is COc1cc(O)c([C@H]2C3=CC[C@@H]4C(=O)N(C(N)=O)C(=O)[C@@H]4[C@@H]3C[C@H]3C(=O)N(C(N)=O)C(=O)[C@@H]23)c(OC)c1. The zero-order valence-corrected chi connectivity index (χ0v) is 19.9. The van der Waals surface area contributed by atoms with Crippen LogP contribution in [0.25, 0.3) is 0 Å². The third-order valence-electron chi connectivity index (χ3n) is 7.95. The number of carbonyl (C=O) groups excluding carboxylic acids is 6. The minimum Gasteiger partial charge on any atom is -0.507 e. The number of hydrogen-bond acceptors (Lipinski definition) is 9. The van der Waals surface area contributed by atoms with Crippen LogP contribution < -0.4 is 20.9 Å². The van der Waals surface area contributed by atoms with Gasteiger partial charge >= 0.3 is 12.1 Å². The Labute approximate surface area is 209 Å². The van der Waals surface area contributed by atoms with E-state index in [1.165, 1.54) is 26.4 Å². The van der Waals surface area contributed by atoms with Crippen molar-refractivity contribution in [2.75, 3.05) is 14.2 Å². The Morgan fingerprint density at radius 2 is 1.46 bits per heavy atom. The second kappa shape index (κ2) is 8.32. The van der Waals surface area contributed by atoms with Crippen molar-refractivity contribution in [2.45, 2.75) is 18.8 Å². The van der Waals surface area contributed by atoms with E-state index in [1.807, 2.05) is 0 Å². The number of urea groups is 2. The van der Waals surface area contributed by atoms with Gasteiger partial charge in [0, 0.05) is 23.6 Å². The number of ether oxygens (including phenoxy) is 2. The molecule has 1 saturated carbocycles. The molecule has 4 aliphatic rings. The zero-order valence-electron chi connectivity index (χ0n) is 19.9. The van der Waals surface area contributed by atoms with Crippen molar-refractivity contribution in [1.82, 2.24) is 9.80 Å². The van der Waals surface area contributed by atoms with Crippen LogP contribution in [0.15, 0.2) is 23.8 Å². The zero-order chi connectivity index (χ0) is 26.9. The standard InChI is InChI=1S/C24H24N4O9/c1-36-8-5-13(29)18(14(6-8)37-2)16-9-3-4-10-15(21(32)27(19(10)30)23(25)34)11(9)7-12-17(16)22(33)28(20(12)31)24(26)35/h3,5-6,10-12,15-17,29H,4,7H2,1-2H3,(H2,25,34)(H2,26,35)/t10-,11+,12+,15-,16-,17+/m0/s1. The monoisotopic (exact) mass is 512 g/mol. The van der Waals surface area contributed by atoms with E-state index in [0.29, 0.717) is 15.4 Å². The summed E-state index contributed by atoms with van der Waals surface area (Å²) in [5.74, 6) is -8.93. The minimum atomic E-state index is -1.24. The highest BCUT2D eigenvalue weighted by Gasteiger charge is 2.63. The maximum atomic E-state index is 13.4. The summed E-state index contributed by atoms with van der Waals surface area (Å²) < 4.78 is 10.7. The van der Waals surface area contributed by atoms with Crippen molar-refractivity contribution in [2.24, 2.45) is 41.1 Å². The summed E-state index contributed by atoms with van der Waals surface area (Å²) in [4.78, 5) is 77.4. The van der Waals surface area contributed by atoms with E-state index in [9.17, 15) is 33.9 Å². The largest absolute Gasteiger partial charge is 0.507 e. The summed E-state index contributed by atoms with van der Waals surface area (Å²) in [6.45, 7) is 0. The summed E-state index contributed by atoms with van der Waals surface area (Å²) in [6, 6.07) is 0.370. The normalized spacial score (nSPS) is 30.5. The molecular weight excluding hydrogens is 488 g/mol. The number of imide groups is 6. The number of amides is 8. The van der Waals surface area contributed by atoms with E-state index in [0.717, 1.165) is 0 Å². The quantitative estimate of drug-likeness (QED) is 0.374. The number of carbonyl (C=O) groups is 6. The molecule has 2 heterocycles. The second-order valence-corrected chi connectivity index (χ2v) is 9.49. The third-order valence-corrected chi connectivity index (χ3v) is 7.95. The summed E-state index contributed by atoms with van der Waals surface area (Å²) in [5, 5.41) is 11.0. The lowest BCUT2D eigenvalue weighted by Gasteiger charge is -2.44. The first-order valence-corrected chi connectivity index (χ1v) is 11.5. The van der Waals surface area contributed by atoms with Crippen molar-refractivity contribution >= 4 is 35.7 Å². The average Bonchev–Trinajstić information content (AvgIpc) is 3.26. The molecule has 6 atom stereocenters. The van der Waals surface area contributed by atoms with Gasteiger partial charge in [-0.25, -0.2) is 9.59 Å². The van der Waals surface area contributed by atoms with Crippen LogP contribution in [0.3, 0.4) is 0 Å². The number of phenolic OH excluding ortho intramolecular Hbond substituents is 1. The molecular formula is C24H24N4O9. The first-order valence-electron chi connectivity index (χ1n) is 11.5. The Hall–Kier alpha value is -4.42. The van der Waals surface area contributed by atoms with Crippen molar-refractivity contribution in [1.29, 1.82) is 0 Å². The van der Waals surface area contributed by atoms with E-state index in [2.05, 4.69) is 0 Å². The van der Waals surface area contributed by atoms with Crippen LogP contribution in [0.1, 0.15) is 24.3 Å². The van der Waals surface area contributed by atoms with E-state index in [4.69, 9.17) is 20.9 Å². The highest BCUT2D eigenvalue weighted by molar-refractivity contribution is 6.18. The lowest BCUT2D eigenvalue weighted by Crippen LogP contribution is -2.44. The minimum absolute atomic E-state index is 0.0482. The van der Waals surface area contributed by atoms with Crippen LogP contribution in [0, 0.1) is 29.6 Å². The number of methoxy groups -OCH3 is 2. The second-order valence-electron chi connectivity index (χ2n) is 9.49. The number of aromatic hydroxyl groups is 1. The van der Waals surface area contributed by atoms with Crippen LogP contribution in [0.4, 0.5) is 9.59 Å². The predicted octanol–water partition coefficient (Wildman–Crippen LogP) is 0.203. The molecule has 1 aromatic carbocycles. The molecule has 5 rings (SSSR count). The number of rotatable bonds is 3. The van der Waals surface area contributed by atoms with E-state index in [-0.39, 0.29) is 35.7 Å². The van der Waals surface area contributed by atoms with Gasteiger partial charge in [-0.05, 0) is 18.8 Å². The first kappa shape index (κ1) is 24.3. The lowest BCUT2D eigenvalue weighted by molar-refractivity contribution is -0.138. The van der Waals surface area contributed by atoms with Gasteiger partial charge in [-0.1, -0.05) is 11.6 Å². The molecule has 0 unspecified atom stereocenters. The molecule has 5 N–H and O–H groups in total. The highest BCUT2D eigenvalue weighted by atomic mass is 16.5. The maximum absolute atomic E-state index is 13.4. The Morgan fingerprint density at radius 3 is 2.03 bits per heavy atom. The van der Waals surface area contributed by atoms with Crippen LogP contribution in [0.5, 0.6) is 17.2 Å². The number of benzene rings is 1. The Bertz CT molecular complexity index is 1320. The number of nitrogens with zero attached hydrogens (tertiary/aromatic N) is 2. The smallest absolute Gasteiger partial charge is 0.328 e. The van der Waals surface area contributed by atoms with Gasteiger partial charge in [0.1, 0.15) is 17.2 Å². The molecule has 8 amide bonds. The molecule has 2 aliphatic heterocycles. The molecule has 2 saturated heterocycles. The molecule has 37 heavy (non-hydrogen) atoms. The van der Waals surface area contributed by atoms with Gasteiger partial charge in [0.05, 0.1) is 37.9 Å². The van der Waals surface area contributed by atoms with Crippen LogP contribution in [-0.2, 0) is 19.2 Å². The van der Waals surface area contributed by atoms with Gasteiger partial charge in [-0.3, -0.25) is 19.2 Å². The van der Waals surface area contributed by atoms with E-state index >= 15 is 0 Å². The average molecular weight is 512 g/mol. The molecule has 0 spiro atoms. The topological polar surface area (TPSA) is 200 Å². The fourth-order valence-corrected chi connectivity index (χ4v) is 6.53. The van der Waals surface area contributed by atoms with Crippen molar-refractivity contribution < 1.29 is 43.3 Å². The fraction of sp³-hybridized carbons (Fsp3) is 0.417. The molecule has 13 nitrogen and oxygen atoms in total. The van der Waals surface area contributed by atoms with Gasteiger partial charge in [-0.15, -0.1) is 0 Å². The molecule has 2 aliphatic carbocycles. The number of fused-ring (bicyclic) bond motifs is 4.